The zero-order valence-corrected chi connectivity index (χ0v) is 17.3. The number of methoxy groups -OCH3 is 1. The number of ether oxygens (including phenoxy) is 1. The molecule has 0 aromatic heterocycles. The summed E-state index contributed by atoms with van der Waals surface area (Å²) in [6, 6.07) is 14.8. The molecule has 0 radical (unpaired) electrons. The van der Waals surface area contributed by atoms with Gasteiger partial charge in [-0.2, -0.15) is 0 Å². The van der Waals surface area contributed by atoms with Gasteiger partial charge in [0.15, 0.2) is 5.78 Å². The van der Waals surface area contributed by atoms with E-state index in [2.05, 4.69) is 19.2 Å². The number of carbonyl (C=O) groups is 2. The highest BCUT2D eigenvalue weighted by atomic mass is 16.5. The van der Waals surface area contributed by atoms with Crippen molar-refractivity contribution in [1.29, 1.82) is 0 Å². The molecule has 1 aliphatic carbocycles. The Hall–Kier alpha value is -3.08. The summed E-state index contributed by atoms with van der Waals surface area (Å²) in [6.45, 7) is 5.76. The number of nitrogens with one attached hydrogen (secondary N) is 1. The largest absolute Gasteiger partial charge is 0.497 e. The number of carbonyl (C=O) groups excluding carboxylic acids is 2. The van der Waals surface area contributed by atoms with E-state index in [1.165, 1.54) is 0 Å². The minimum Gasteiger partial charge on any atom is -0.497 e. The maximum absolute atomic E-state index is 13.4. The Morgan fingerprint density at radius 2 is 1.90 bits per heavy atom. The third-order valence-corrected chi connectivity index (χ3v) is 5.65. The van der Waals surface area contributed by atoms with Gasteiger partial charge in [-0.25, -0.2) is 0 Å². The first-order chi connectivity index (χ1) is 13.8. The number of Topliss-reactive ketones (excluding diaryl/α,β-unsaturated/α-hetero) is 1. The second-order valence-corrected chi connectivity index (χ2v) is 8.54. The molecule has 0 saturated heterocycles. The summed E-state index contributed by atoms with van der Waals surface area (Å²) >= 11 is 0. The van der Waals surface area contributed by atoms with Crippen LogP contribution in [-0.2, 0) is 9.59 Å². The van der Waals surface area contributed by atoms with Gasteiger partial charge in [-0.15, -0.1) is 0 Å². The Morgan fingerprint density at radius 1 is 1.14 bits per heavy atom. The molecular weight excluding hydrogens is 364 g/mol. The molecule has 1 atom stereocenters. The van der Waals surface area contributed by atoms with Crippen molar-refractivity contribution in [2.75, 3.05) is 17.3 Å². The number of anilines is 2. The van der Waals surface area contributed by atoms with Crippen LogP contribution in [0.1, 0.15) is 45.2 Å². The lowest BCUT2D eigenvalue weighted by molar-refractivity contribution is -0.118. The number of nitrogens with zero attached hydrogens (tertiary/aromatic N) is 1. The van der Waals surface area contributed by atoms with Crippen LogP contribution in [0.4, 0.5) is 11.4 Å². The number of allylic oxidation sites excluding steroid dienone is 1. The van der Waals surface area contributed by atoms with E-state index in [-0.39, 0.29) is 17.1 Å². The topological polar surface area (TPSA) is 58.6 Å². The summed E-state index contributed by atoms with van der Waals surface area (Å²) in [5, 5.41) is 3.49. The van der Waals surface area contributed by atoms with Gasteiger partial charge in [0.05, 0.1) is 24.5 Å². The quantitative estimate of drug-likeness (QED) is 0.796. The smallest absolute Gasteiger partial charge is 0.224 e. The number of ketones is 1. The maximum Gasteiger partial charge on any atom is 0.224 e. The molecule has 2 aliphatic rings. The van der Waals surface area contributed by atoms with Gasteiger partial charge in [0.25, 0.3) is 0 Å². The molecule has 150 valence electrons. The minimum atomic E-state index is -0.502. The normalized spacial score (nSPS) is 20.3. The highest BCUT2D eigenvalue weighted by Gasteiger charge is 2.42. The lowest BCUT2D eigenvalue weighted by Gasteiger charge is -2.36. The lowest BCUT2D eigenvalue weighted by Crippen LogP contribution is -2.38. The standard InChI is InChI=1S/C24H26N2O3/c1-15(27)26-20-11-6-5-10-18(20)25-19-13-24(2,3)14-21(28)22(19)23(26)16-8-7-9-17(12-16)29-4/h5-12,23,25H,13-14H2,1-4H3. The lowest BCUT2D eigenvalue weighted by atomic mass is 9.73. The number of hydrogen-bond acceptors (Lipinski definition) is 4. The summed E-state index contributed by atoms with van der Waals surface area (Å²) in [6.07, 6.45) is 1.20. The summed E-state index contributed by atoms with van der Waals surface area (Å²) < 4.78 is 5.42. The van der Waals surface area contributed by atoms with Crippen LogP contribution in [0.5, 0.6) is 5.75 Å². The molecule has 1 N–H and O–H groups in total. The van der Waals surface area contributed by atoms with Crippen molar-refractivity contribution in [3.8, 4) is 5.75 Å². The van der Waals surface area contributed by atoms with Crippen molar-refractivity contribution < 1.29 is 14.3 Å². The third kappa shape index (κ3) is 3.41. The summed E-state index contributed by atoms with van der Waals surface area (Å²) in [7, 11) is 1.62. The number of amides is 1. The van der Waals surface area contributed by atoms with Gasteiger partial charge in [-0.1, -0.05) is 38.1 Å². The molecule has 0 bridgehead atoms. The molecule has 5 heteroatoms. The third-order valence-electron chi connectivity index (χ3n) is 5.65. The van der Waals surface area contributed by atoms with E-state index in [9.17, 15) is 9.59 Å². The van der Waals surface area contributed by atoms with Gasteiger partial charge in [0.1, 0.15) is 5.75 Å². The second kappa shape index (κ2) is 7.07. The fourth-order valence-corrected chi connectivity index (χ4v) is 4.46. The maximum atomic E-state index is 13.4. The van der Waals surface area contributed by atoms with Crippen LogP contribution in [0.15, 0.2) is 59.8 Å². The van der Waals surface area contributed by atoms with Gasteiger partial charge in [0, 0.05) is 24.6 Å². The van der Waals surface area contributed by atoms with Crippen molar-refractivity contribution in [1.82, 2.24) is 0 Å². The van der Waals surface area contributed by atoms with Crippen molar-refractivity contribution in [3.63, 3.8) is 0 Å². The van der Waals surface area contributed by atoms with Crippen molar-refractivity contribution in [3.05, 3.63) is 65.4 Å². The van der Waals surface area contributed by atoms with Crippen LogP contribution >= 0.6 is 0 Å². The SMILES string of the molecule is COc1cccc(C2C3=C(CC(C)(C)CC3=O)Nc3ccccc3N2C(C)=O)c1. The van der Waals surface area contributed by atoms with Crippen LogP contribution in [0.3, 0.4) is 0 Å². The number of rotatable bonds is 2. The summed E-state index contributed by atoms with van der Waals surface area (Å²) in [5.74, 6) is 0.663. The van der Waals surface area contributed by atoms with E-state index in [0.29, 0.717) is 17.7 Å². The molecule has 1 heterocycles. The average Bonchev–Trinajstić information content (AvgIpc) is 2.81. The highest BCUT2D eigenvalue weighted by Crippen LogP contribution is 2.48. The number of benzene rings is 2. The Balaban J connectivity index is 2.01. The van der Waals surface area contributed by atoms with Gasteiger partial charge < -0.3 is 10.1 Å². The number of fused-ring (bicyclic) bond motifs is 1. The van der Waals surface area contributed by atoms with E-state index in [0.717, 1.165) is 29.1 Å². The molecule has 4 rings (SSSR count). The Morgan fingerprint density at radius 3 is 2.62 bits per heavy atom. The zero-order chi connectivity index (χ0) is 20.8. The van der Waals surface area contributed by atoms with Crippen LogP contribution < -0.4 is 15.0 Å². The van der Waals surface area contributed by atoms with Crippen LogP contribution in [0, 0.1) is 5.41 Å². The van der Waals surface area contributed by atoms with E-state index < -0.39 is 6.04 Å². The molecule has 1 amide bonds. The number of para-hydroxylation sites is 2. The molecule has 5 nitrogen and oxygen atoms in total. The summed E-state index contributed by atoms with van der Waals surface area (Å²) in [4.78, 5) is 28.0. The number of hydrogen-bond donors (Lipinski definition) is 1. The molecule has 2 aromatic carbocycles. The fourth-order valence-electron chi connectivity index (χ4n) is 4.46. The second-order valence-electron chi connectivity index (χ2n) is 8.54. The van der Waals surface area contributed by atoms with Gasteiger partial charge in [-0.3, -0.25) is 14.5 Å². The highest BCUT2D eigenvalue weighted by molar-refractivity contribution is 6.05. The first kappa shape index (κ1) is 19.2. The zero-order valence-electron chi connectivity index (χ0n) is 17.3. The Labute approximate surface area is 171 Å². The average molecular weight is 390 g/mol. The van der Waals surface area contributed by atoms with E-state index in [4.69, 9.17) is 4.74 Å². The first-order valence-corrected chi connectivity index (χ1v) is 9.87. The predicted molar refractivity (Wildman–Crippen MR) is 114 cm³/mol. The van der Waals surface area contributed by atoms with Gasteiger partial charge >= 0.3 is 0 Å². The van der Waals surface area contributed by atoms with E-state index >= 15 is 0 Å². The van der Waals surface area contributed by atoms with Crippen LogP contribution in [-0.4, -0.2) is 18.8 Å². The summed E-state index contributed by atoms with van der Waals surface area (Å²) in [5.41, 5.74) is 3.90. The fraction of sp³-hybridized carbons (Fsp3) is 0.333. The molecule has 1 unspecified atom stereocenters. The van der Waals surface area contributed by atoms with E-state index in [1.807, 2.05) is 48.5 Å². The van der Waals surface area contributed by atoms with Gasteiger partial charge in [-0.05, 0) is 41.7 Å². The minimum absolute atomic E-state index is 0.0793. The molecule has 29 heavy (non-hydrogen) atoms. The molecule has 0 fully saturated rings. The van der Waals surface area contributed by atoms with Crippen molar-refractivity contribution in [2.24, 2.45) is 5.41 Å². The molecule has 0 saturated carbocycles. The Bertz CT molecular complexity index is 1020. The van der Waals surface area contributed by atoms with Gasteiger partial charge in [0.2, 0.25) is 5.91 Å². The molecule has 1 aliphatic heterocycles. The van der Waals surface area contributed by atoms with Crippen LogP contribution in [0.25, 0.3) is 0 Å². The molecule has 2 aromatic rings. The molecule has 0 spiro atoms. The van der Waals surface area contributed by atoms with Crippen LogP contribution in [0.2, 0.25) is 0 Å². The first-order valence-electron chi connectivity index (χ1n) is 9.87. The van der Waals surface area contributed by atoms with E-state index in [1.54, 1.807) is 18.9 Å². The monoisotopic (exact) mass is 390 g/mol. The predicted octanol–water partition coefficient (Wildman–Crippen LogP) is 4.86. The van der Waals surface area contributed by atoms with Crippen molar-refractivity contribution in [2.45, 2.75) is 39.7 Å². The van der Waals surface area contributed by atoms with Crippen molar-refractivity contribution >= 4 is 23.1 Å². The molecular formula is C24H26N2O3. The Kier molecular flexibility index (Phi) is 4.69.